The SMILES string of the molecule is Cc1nc(C)c(C(C)NOCC(N)=O)s1. The number of aryl methyl sites for hydroxylation is 2. The molecule has 6 heteroatoms. The second kappa shape index (κ2) is 5.20. The van der Waals surface area contributed by atoms with Gasteiger partial charge in [0.2, 0.25) is 5.91 Å². The van der Waals surface area contributed by atoms with E-state index in [0.717, 1.165) is 15.6 Å². The molecule has 0 aliphatic rings. The Morgan fingerprint density at radius 3 is 2.80 bits per heavy atom. The number of nitrogens with two attached hydrogens (primary N) is 1. The number of carbonyl (C=O) groups is 1. The quantitative estimate of drug-likeness (QED) is 0.733. The van der Waals surface area contributed by atoms with E-state index in [4.69, 9.17) is 10.6 Å². The second-order valence-electron chi connectivity index (χ2n) is 3.28. The largest absolute Gasteiger partial charge is 0.368 e. The number of nitrogens with one attached hydrogen (secondary N) is 1. The zero-order chi connectivity index (χ0) is 11.4. The Hall–Kier alpha value is -0.980. The number of thiazole rings is 1. The van der Waals surface area contributed by atoms with Crippen LogP contribution in [0.1, 0.15) is 28.5 Å². The van der Waals surface area contributed by atoms with Crippen LogP contribution in [0.4, 0.5) is 0 Å². The Kier molecular flexibility index (Phi) is 4.19. The van der Waals surface area contributed by atoms with Gasteiger partial charge in [-0.25, -0.2) is 4.98 Å². The van der Waals surface area contributed by atoms with Crippen molar-refractivity contribution >= 4 is 17.2 Å². The van der Waals surface area contributed by atoms with Crippen molar-refractivity contribution in [2.24, 2.45) is 5.73 Å². The molecule has 1 unspecified atom stereocenters. The minimum absolute atomic E-state index is 0.00977. The lowest BCUT2D eigenvalue weighted by Gasteiger charge is -2.11. The van der Waals surface area contributed by atoms with Crippen molar-refractivity contribution in [1.82, 2.24) is 10.5 Å². The zero-order valence-corrected chi connectivity index (χ0v) is 9.85. The smallest absolute Gasteiger partial charge is 0.245 e. The highest BCUT2D eigenvalue weighted by molar-refractivity contribution is 7.11. The van der Waals surface area contributed by atoms with Crippen LogP contribution in [0.3, 0.4) is 0 Å². The molecule has 5 nitrogen and oxygen atoms in total. The van der Waals surface area contributed by atoms with E-state index in [1.807, 2.05) is 20.8 Å². The molecule has 0 spiro atoms. The Morgan fingerprint density at radius 2 is 2.33 bits per heavy atom. The van der Waals surface area contributed by atoms with Crippen LogP contribution in [0.15, 0.2) is 0 Å². The molecule has 1 amide bonds. The molecule has 0 saturated carbocycles. The molecule has 0 bridgehead atoms. The fraction of sp³-hybridized carbons (Fsp3) is 0.556. The van der Waals surface area contributed by atoms with Crippen LogP contribution < -0.4 is 11.2 Å². The number of carbonyl (C=O) groups excluding carboxylic acids is 1. The van der Waals surface area contributed by atoms with E-state index in [-0.39, 0.29) is 12.6 Å². The predicted octanol–water partition coefficient (Wildman–Crippen LogP) is 0.827. The normalized spacial score (nSPS) is 12.7. The van der Waals surface area contributed by atoms with Crippen LogP contribution in [0.5, 0.6) is 0 Å². The number of hydrogen-bond acceptors (Lipinski definition) is 5. The summed E-state index contributed by atoms with van der Waals surface area (Å²) in [6, 6.07) is 0.00977. The van der Waals surface area contributed by atoms with E-state index in [2.05, 4.69) is 10.5 Å². The van der Waals surface area contributed by atoms with E-state index in [9.17, 15) is 4.79 Å². The third-order valence-electron chi connectivity index (χ3n) is 1.81. The molecule has 1 rings (SSSR count). The summed E-state index contributed by atoms with van der Waals surface area (Å²) < 4.78 is 0. The summed E-state index contributed by atoms with van der Waals surface area (Å²) in [5.41, 5.74) is 8.68. The van der Waals surface area contributed by atoms with Crippen LogP contribution in [-0.4, -0.2) is 17.5 Å². The molecule has 0 fully saturated rings. The first-order chi connectivity index (χ1) is 7.00. The van der Waals surface area contributed by atoms with Crippen molar-refractivity contribution in [2.75, 3.05) is 6.61 Å². The Balaban J connectivity index is 2.50. The lowest BCUT2D eigenvalue weighted by molar-refractivity contribution is -0.125. The number of primary amides is 1. The van der Waals surface area contributed by atoms with E-state index in [0.29, 0.717) is 0 Å². The van der Waals surface area contributed by atoms with Crippen LogP contribution in [0, 0.1) is 13.8 Å². The van der Waals surface area contributed by atoms with Crippen LogP contribution in [-0.2, 0) is 9.63 Å². The molecule has 1 heterocycles. The summed E-state index contributed by atoms with van der Waals surface area (Å²) in [7, 11) is 0. The van der Waals surface area contributed by atoms with Crippen molar-refractivity contribution in [3.05, 3.63) is 15.6 Å². The van der Waals surface area contributed by atoms with Gasteiger partial charge in [0.25, 0.3) is 0 Å². The standard InChI is InChI=1S/C9H15N3O2S/c1-5-9(15-7(3)11-5)6(2)12-14-4-8(10)13/h6,12H,4H2,1-3H3,(H2,10,13). The number of hydrogen-bond donors (Lipinski definition) is 2. The van der Waals surface area contributed by atoms with E-state index in [1.165, 1.54) is 0 Å². The summed E-state index contributed by atoms with van der Waals surface area (Å²) in [5.74, 6) is -0.494. The first kappa shape index (κ1) is 12.1. The Labute approximate surface area is 92.6 Å². The van der Waals surface area contributed by atoms with Crippen LogP contribution in [0.2, 0.25) is 0 Å². The summed E-state index contributed by atoms with van der Waals surface area (Å²) >= 11 is 1.61. The van der Waals surface area contributed by atoms with Gasteiger partial charge >= 0.3 is 0 Å². The number of amides is 1. The fourth-order valence-electron chi connectivity index (χ4n) is 1.24. The monoisotopic (exact) mass is 229 g/mol. The summed E-state index contributed by atoms with van der Waals surface area (Å²) in [5, 5.41) is 1.02. The van der Waals surface area contributed by atoms with E-state index in [1.54, 1.807) is 11.3 Å². The van der Waals surface area contributed by atoms with Gasteiger partial charge in [-0.1, -0.05) is 0 Å². The second-order valence-corrected chi connectivity index (χ2v) is 4.51. The molecular weight excluding hydrogens is 214 g/mol. The molecule has 3 N–H and O–H groups in total. The maximum Gasteiger partial charge on any atom is 0.245 e. The van der Waals surface area contributed by atoms with Gasteiger partial charge in [0.15, 0.2) is 0 Å². The van der Waals surface area contributed by atoms with Crippen molar-refractivity contribution in [1.29, 1.82) is 0 Å². The molecule has 1 aromatic rings. The highest BCUT2D eigenvalue weighted by atomic mass is 32.1. The topological polar surface area (TPSA) is 77.2 Å². The number of nitrogens with zero attached hydrogens (tertiary/aromatic N) is 1. The van der Waals surface area contributed by atoms with Crippen molar-refractivity contribution in [3.8, 4) is 0 Å². The summed E-state index contributed by atoms with van der Waals surface area (Å²) in [6.45, 7) is 5.73. The fourth-order valence-corrected chi connectivity index (χ4v) is 2.16. The van der Waals surface area contributed by atoms with Gasteiger partial charge in [-0.15, -0.1) is 11.3 Å². The van der Waals surface area contributed by atoms with Gasteiger partial charge in [0, 0.05) is 4.88 Å². The van der Waals surface area contributed by atoms with E-state index >= 15 is 0 Å². The third kappa shape index (κ3) is 3.58. The molecule has 15 heavy (non-hydrogen) atoms. The molecule has 0 aromatic carbocycles. The number of rotatable bonds is 5. The molecule has 84 valence electrons. The van der Waals surface area contributed by atoms with Gasteiger partial charge in [-0.3, -0.25) is 9.63 Å². The third-order valence-corrected chi connectivity index (χ3v) is 3.06. The van der Waals surface area contributed by atoms with Gasteiger partial charge in [-0.05, 0) is 20.8 Å². The Morgan fingerprint density at radius 1 is 1.67 bits per heavy atom. The number of hydroxylamine groups is 1. The molecular formula is C9H15N3O2S. The first-order valence-corrected chi connectivity index (χ1v) is 5.42. The van der Waals surface area contributed by atoms with Crippen LogP contribution in [0.25, 0.3) is 0 Å². The van der Waals surface area contributed by atoms with Gasteiger partial charge in [0.05, 0.1) is 16.7 Å². The minimum atomic E-state index is -0.494. The lowest BCUT2D eigenvalue weighted by Crippen LogP contribution is -2.26. The summed E-state index contributed by atoms with van der Waals surface area (Å²) in [6.07, 6.45) is 0. The maximum atomic E-state index is 10.4. The predicted molar refractivity (Wildman–Crippen MR) is 58.3 cm³/mol. The molecule has 1 atom stereocenters. The van der Waals surface area contributed by atoms with Gasteiger partial charge < -0.3 is 5.73 Å². The zero-order valence-electron chi connectivity index (χ0n) is 9.03. The van der Waals surface area contributed by atoms with Gasteiger partial charge in [-0.2, -0.15) is 5.48 Å². The minimum Gasteiger partial charge on any atom is -0.368 e. The average molecular weight is 229 g/mol. The number of aromatic nitrogens is 1. The first-order valence-electron chi connectivity index (χ1n) is 4.60. The van der Waals surface area contributed by atoms with Gasteiger partial charge in [0.1, 0.15) is 6.61 Å². The van der Waals surface area contributed by atoms with E-state index < -0.39 is 5.91 Å². The summed E-state index contributed by atoms with van der Waals surface area (Å²) in [4.78, 5) is 20.8. The van der Waals surface area contributed by atoms with Crippen molar-refractivity contribution in [2.45, 2.75) is 26.8 Å². The van der Waals surface area contributed by atoms with Crippen LogP contribution >= 0.6 is 11.3 Å². The average Bonchev–Trinajstić information content (AvgIpc) is 2.44. The highest BCUT2D eigenvalue weighted by Crippen LogP contribution is 2.24. The van der Waals surface area contributed by atoms with Crippen molar-refractivity contribution < 1.29 is 9.63 Å². The molecule has 0 aliphatic heterocycles. The molecule has 0 saturated heterocycles. The van der Waals surface area contributed by atoms with Crippen molar-refractivity contribution in [3.63, 3.8) is 0 Å². The lowest BCUT2D eigenvalue weighted by atomic mass is 10.2. The molecule has 1 aromatic heterocycles. The molecule has 0 aliphatic carbocycles. The highest BCUT2D eigenvalue weighted by Gasteiger charge is 2.12. The maximum absolute atomic E-state index is 10.4. The molecule has 0 radical (unpaired) electrons. The Bertz CT molecular complexity index is 351.